The molecular formula is C31H32INO5S. The molecule has 0 amide bonds. The number of nitrogens with zero attached hydrogens (tertiary/aromatic N) is 1. The van der Waals surface area contributed by atoms with Crippen LogP contribution in [0.5, 0.6) is 0 Å². The number of nitriles is 1. The van der Waals surface area contributed by atoms with Gasteiger partial charge in [0.25, 0.3) is 5.79 Å². The van der Waals surface area contributed by atoms with Gasteiger partial charge in [0.1, 0.15) is 35.9 Å². The second kappa shape index (κ2) is 13.6. The zero-order valence-electron chi connectivity index (χ0n) is 21.8. The van der Waals surface area contributed by atoms with E-state index in [0.717, 1.165) is 26.0 Å². The molecular weight excluding hydrogens is 625 g/mol. The van der Waals surface area contributed by atoms with E-state index in [4.69, 9.17) is 23.7 Å². The van der Waals surface area contributed by atoms with E-state index >= 15 is 0 Å². The van der Waals surface area contributed by atoms with Crippen LogP contribution in [0.1, 0.15) is 23.6 Å². The Balaban J connectivity index is 1.43. The van der Waals surface area contributed by atoms with Crippen LogP contribution in [0.15, 0.2) is 84.9 Å². The summed E-state index contributed by atoms with van der Waals surface area (Å²) < 4.78 is 33.4. The number of ether oxygens (including phenoxy) is 5. The van der Waals surface area contributed by atoms with E-state index in [0.29, 0.717) is 19.6 Å². The molecule has 3 aromatic rings. The first-order valence-corrected chi connectivity index (χ1v) is 15.3. The third-order valence-electron chi connectivity index (χ3n) is 6.85. The standard InChI is InChI=1S/C31H32INO5S/c1-2-39-30-29(35-19-23-13-7-4-8-14-23)28(34-18-22-11-5-3-6-12-22)27-26(37-30)20-36-31(21-33,38-27)17-24-15-9-10-16-25(24)32/h3-16,26-30H,2,17-20H2,1H3/t26-,27-,28+,29+,30-,31+/m1/s1. The van der Waals surface area contributed by atoms with Gasteiger partial charge in [-0.05, 0) is 51.1 Å². The Labute approximate surface area is 248 Å². The van der Waals surface area contributed by atoms with Crippen LogP contribution in [0.2, 0.25) is 0 Å². The monoisotopic (exact) mass is 657 g/mol. The van der Waals surface area contributed by atoms with Crippen molar-refractivity contribution < 1.29 is 23.7 Å². The Bertz CT molecular complexity index is 1240. The summed E-state index contributed by atoms with van der Waals surface area (Å²) in [6, 6.07) is 30.4. The quantitative estimate of drug-likeness (QED) is 0.244. The third kappa shape index (κ3) is 7.03. The first-order chi connectivity index (χ1) is 19.1. The minimum atomic E-state index is -1.45. The topological polar surface area (TPSA) is 69.9 Å². The molecule has 0 unspecified atom stereocenters. The highest BCUT2D eigenvalue weighted by Crippen LogP contribution is 2.40. The summed E-state index contributed by atoms with van der Waals surface area (Å²) in [6.45, 7) is 3.15. The van der Waals surface area contributed by atoms with Crippen molar-refractivity contribution in [1.29, 1.82) is 5.26 Å². The maximum atomic E-state index is 10.3. The highest BCUT2D eigenvalue weighted by Gasteiger charge is 2.55. The number of thioether (sulfide) groups is 1. The second-order valence-electron chi connectivity index (χ2n) is 9.55. The third-order valence-corrected chi connectivity index (χ3v) is 8.94. The number of rotatable bonds is 10. The molecule has 0 aliphatic carbocycles. The van der Waals surface area contributed by atoms with Crippen LogP contribution in [0.4, 0.5) is 0 Å². The molecule has 0 spiro atoms. The van der Waals surface area contributed by atoms with Crippen LogP contribution in [-0.2, 0) is 43.3 Å². The summed E-state index contributed by atoms with van der Waals surface area (Å²) in [6.07, 6.45) is -1.50. The Hall–Kier alpha value is -1.97. The predicted molar refractivity (Wildman–Crippen MR) is 159 cm³/mol. The SMILES string of the molecule is CCS[C@H]1O[C@@H]2CO[C@@](C#N)(Cc3ccccc3I)O[C@H]2[C@H](OCc2ccccc2)[C@@H]1OCc1ccccc1. The van der Waals surface area contributed by atoms with Crippen LogP contribution < -0.4 is 0 Å². The molecule has 3 aromatic carbocycles. The normalized spacial score (nSPS) is 28.4. The Morgan fingerprint density at radius 3 is 2.15 bits per heavy atom. The first kappa shape index (κ1) is 28.6. The molecule has 0 saturated carbocycles. The van der Waals surface area contributed by atoms with Crippen LogP contribution in [-0.4, -0.2) is 48.0 Å². The van der Waals surface area contributed by atoms with Crippen LogP contribution in [0, 0.1) is 14.9 Å². The lowest BCUT2D eigenvalue weighted by molar-refractivity contribution is -0.350. The smallest absolute Gasteiger partial charge is 0.264 e. The Kier molecular flexibility index (Phi) is 9.95. The van der Waals surface area contributed by atoms with Crippen molar-refractivity contribution >= 4 is 34.4 Å². The Morgan fingerprint density at radius 2 is 1.54 bits per heavy atom. The van der Waals surface area contributed by atoms with Gasteiger partial charge in [-0.3, -0.25) is 0 Å². The molecule has 204 valence electrons. The second-order valence-corrected chi connectivity index (χ2v) is 12.1. The van der Waals surface area contributed by atoms with E-state index in [2.05, 4.69) is 35.6 Å². The zero-order valence-corrected chi connectivity index (χ0v) is 24.8. The van der Waals surface area contributed by atoms with E-state index in [9.17, 15) is 5.26 Å². The summed E-state index contributed by atoms with van der Waals surface area (Å²) in [4.78, 5) is 0. The van der Waals surface area contributed by atoms with Gasteiger partial charge in [-0.2, -0.15) is 5.26 Å². The molecule has 0 N–H and O–H groups in total. The lowest BCUT2D eigenvalue weighted by Gasteiger charge is -2.50. The van der Waals surface area contributed by atoms with Gasteiger partial charge < -0.3 is 23.7 Å². The number of hydrogen-bond acceptors (Lipinski definition) is 7. The zero-order chi connectivity index (χ0) is 27.1. The summed E-state index contributed by atoms with van der Waals surface area (Å²) in [5, 5.41) is 10.3. The van der Waals surface area contributed by atoms with Gasteiger partial charge in [-0.1, -0.05) is 85.8 Å². The molecule has 8 heteroatoms. The molecule has 2 aliphatic rings. The van der Waals surface area contributed by atoms with Crippen molar-refractivity contribution in [2.45, 2.75) is 62.2 Å². The van der Waals surface area contributed by atoms with Crippen LogP contribution in [0.3, 0.4) is 0 Å². The summed E-state index contributed by atoms with van der Waals surface area (Å²) in [5.74, 6) is -0.593. The largest absolute Gasteiger partial charge is 0.368 e. The molecule has 0 radical (unpaired) electrons. The van der Waals surface area contributed by atoms with Crippen molar-refractivity contribution in [2.75, 3.05) is 12.4 Å². The van der Waals surface area contributed by atoms with E-state index in [1.807, 2.05) is 84.9 Å². The van der Waals surface area contributed by atoms with Crippen molar-refractivity contribution in [2.24, 2.45) is 0 Å². The van der Waals surface area contributed by atoms with Crippen LogP contribution >= 0.6 is 34.4 Å². The number of halogens is 1. The van der Waals surface area contributed by atoms with Gasteiger partial charge in [0.15, 0.2) is 0 Å². The van der Waals surface area contributed by atoms with E-state index in [1.54, 1.807) is 11.8 Å². The Morgan fingerprint density at radius 1 is 0.923 bits per heavy atom. The van der Waals surface area contributed by atoms with Crippen molar-refractivity contribution in [3.63, 3.8) is 0 Å². The van der Waals surface area contributed by atoms with Crippen molar-refractivity contribution in [3.05, 3.63) is 105 Å². The average Bonchev–Trinajstić information content (AvgIpc) is 2.98. The van der Waals surface area contributed by atoms with Crippen LogP contribution in [0.25, 0.3) is 0 Å². The van der Waals surface area contributed by atoms with Gasteiger partial charge in [0.2, 0.25) is 0 Å². The van der Waals surface area contributed by atoms with E-state index in [1.165, 1.54) is 0 Å². The van der Waals surface area contributed by atoms with Gasteiger partial charge >= 0.3 is 0 Å². The fraction of sp³-hybridized carbons (Fsp3) is 0.387. The van der Waals surface area contributed by atoms with Gasteiger partial charge in [-0.15, -0.1) is 11.8 Å². The maximum Gasteiger partial charge on any atom is 0.264 e. The molecule has 0 bridgehead atoms. The molecule has 39 heavy (non-hydrogen) atoms. The lowest BCUT2D eigenvalue weighted by atomic mass is 9.96. The van der Waals surface area contributed by atoms with E-state index in [-0.39, 0.29) is 18.1 Å². The first-order valence-electron chi connectivity index (χ1n) is 13.2. The minimum Gasteiger partial charge on any atom is -0.368 e. The molecule has 2 saturated heterocycles. The van der Waals surface area contributed by atoms with Crippen molar-refractivity contribution in [1.82, 2.24) is 0 Å². The fourth-order valence-corrected chi connectivity index (χ4v) is 6.46. The number of hydrogen-bond donors (Lipinski definition) is 0. The molecule has 6 nitrogen and oxygen atoms in total. The maximum absolute atomic E-state index is 10.3. The highest BCUT2D eigenvalue weighted by atomic mass is 127. The highest BCUT2D eigenvalue weighted by molar-refractivity contribution is 14.1. The molecule has 0 aromatic heterocycles. The van der Waals surface area contributed by atoms with Gasteiger partial charge in [-0.25, -0.2) is 0 Å². The lowest BCUT2D eigenvalue weighted by Crippen LogP contribution is -2.66. The van der Waals surface area contributed by atoms with Gasteiger partial charge in [0.05, 0.1) is 19.8 Å². The molecule has 2 fully saturated rings. The number of benzene rings is 3. The summed E-state index contributed by atoms with van der Waals surface area (Å²) in [7, 11) is 0. The van der Waals surface area contributed by atoms with Crippen molar-refractivity contribution in [3.8, 4) is 6.07 Å². The van der Waals surface area contributed by atoms with E-state index < -0.39 is 24.1 Å². The van der Waals surface area contributed by atoms with Gasteiger partial charge in [0, 0.05) is 9.99 Å². The number of fused-ring (bicyclic) bond motifs is 1. The summed E-state index contributed by atoms with van der Waals surface area (Å²) >= 11 is 3.96. The predicted octanol–water partition coefficient (Wildman–Crippen LogP) is 6.12. The molecule has 2 aliphatic heterocycles. The summed E-state index contributed by atoms with van der Waals surface area (Å²) in [5.41, 5.74) is 2.85. The molecule has 6 atom stereocenters. The minimum absolute atomic E-state index is 0.235. The molecule has 5 rings (SSSR count). The molecule has 2 heterocycles. The average molecular weight is 658 g/mol. The fourth-order valence-electron chi connectivity index (χ4n) is 4.91.